The molecule has 4 heteroatoms. The number of hydrogen-bond donors (Lipinski definition) is 1. The van der Waals surface area contributed by atoms with E-state index in [1.807, 2.05) is 0 Å². The Morgan fingerprint density at radius 1 is 1.11 bits per heavy atom. The van der Waals surface area contributed by atoms with Crippen LogP contribution in [-0.4, -0.2) is 16.9 Å². The van der Waals surface area contributed by atoms with Gasteiger partial charge in [-0.1, -0.05) is 37.6 Å². The molecule has 4 aliphatic rings. The van der Waals surface area contributed by atoms with Crippen molar-refractivity contribution in [3.8, 4) is 0 Å². The highest BCUT2D eigenvalue weighted by atomic mass is 19.4. The Morgan fingerprint density at radius 2 is 1.81 bits per heavy atom. The van der Waals surface area contributed by atoms with E-state index in [0.29, 0.717) is 35.5 Å². The Labute approximate surface area is 161 Å². The molecule has 0 radical (unpaired) electrons. The Hall–Kier alpha value is -0.770. The van der Waals surface area contributed by atoms with E-state index in [0.717, 1.165) is 24.8 Å². The van der Waals surface area contributed by atoms with Crippen LogP contribution in [-0.2, 0) is 0 Å². The zero-order chi connectivity index (χ0) is 19.8. The molecule has 27 heavy (non-hydrogen) atoms. The highest BCUT2D eigenvalue weighted by molar-refractivity contribution is 5.28. The second kappa shape index (κ2) is 5.87. The number of hydrogen-bond acceptors (Lipinski definition) is 1. The average molecular weight is 383 g/mol. The molecular weight excluding hydrogens is 349 g/mol. The van der Waals surface area contributed by atoms with Gasteiger partial charge in [0.1, 0.15) is 0 Å². The second-order valence-electron chi connectivity index (χ2n) is 10.5. The summed E-state index contributed by atoms with van der Waals surface area (Å²) >= 11 is 0. The molecule has 3 saturated carbocycles. The lowest BCUT2D eigenvalue weighted by Gasteiger charge is -2.59. The third kappa shape index (κ3) is 2.61. The van der Waals surface area contributed by atoms with Crippen LogP contribution in [0.1, 0.15) is 72.1 Å². The Morgan fingerprint density at radius 3 is 2.44 bits per heavy atom. The molecule has 0 amide bonds. The topological polar surface area (TPSA) is 20.2 Å². The molecule has 0 aromatic carbocycles. The second-order valence-corrected chi connectivity index (χ2v) is 10.5. The van der Waals surface area contributed by atoms with Crippen LogP contribution in [0.5, 0.6) is 0 Å². The van der Waals surface area contributed by atoms with Gasteiger partial charge in [-0.2, -0.15) is 13.2 Å². The molecule has 4 aliphatic carbocycles. The molecule has 3 fully saturated rings. The lowest BCUT2D eigenvalue weighted by molar-refractivity contribution is -0.271. The largest absolute Gasteiger partial charge is 0.417 e. The smallest absolute Gasteiger partial charge is 0.380 e. The van der Waals surface area contributed by atoms with Crippen LogP contribution in [0.2, 0.25) is 0 Å². The number of halogens is 3. The molecule has 0 saturated heterocycles. The average Bonchev–Trinajstić information content (AvgIpc) is 2.92. The van der Waals surface area contributed by atoms with Crippen molar-refractivity contribution in [2.24, 2.45) is 34.5 Å². The molecule has 4 rings (SSSR count). The van der Waals surface area contributed by atoms with Crippen molar-refractivity contribution in [3.63, 3.8) is 0 Å². The summed E-state index contributed by atoms with van der Waals surface area (Å²) in [6, 6.07) is 0. The van der Waals surface area contributed by atoms with Crippen molar-refractivity contribution >= 4 is 0 Å². The standard InChI is InChI=1S/C23H33F3O/c1-14(2)17-7-8-18-16-6-5-15-13-22(27,23(24,25)26)12-11-20(15,3)19(16)9-10-21(17,18)4/h5,16-19,27H,1,6-13H2,2-4H3/t16-,17+,18-,19?,20-,21+,22-/m0/s1. The molecule has 1 N–H and O–H groups in total. The summed E-state index contributed by atoms with van der Waals surface area (Å²) in [4.78, 5) is 0. The molecule has 152 valence electrons. The maximum Gasteiger partial charge on any atom is 0.417 e. The minimum atomic E-state index is -4.54. The molecular formula is C23H33F3O. The number of alkyl halides is 3. The molecule has 0 bridgehead atoms. The minimum absolute atomic E-state index is 0.163. The highest BCUT2D eigenvalue weighted by Crippen LogP contribution is 2.68. The molecule has 1 unspecified atom stereocenters. The maximum atomic E-state index is 13.4. The van der Waals surface area contributed by atoms with Gasteiger partial charge in [0.15, 0.2) is 5.60 Å². The van der Waals surface area contributed by atoms with E-state index < -0.39 is 11.8 Å². The van der Waals surface area contributed by atoms with E-state index in [2.05, 4.69) is 33.4 Å². The number of fused-ring (bicyclic) bond motifs is 5. The first-order chi connectivity index (χ1) is 12.4. The number of aliphatic hydroxyl groups is 1. The molecule has 7 atom stereocenters. The van der Waals surface area contributed by atoms with Gasteiger partial charge >= 0.3 is 6.18 Å². The first-order valence-electron chi connectivity index (χ1n) is 10.6. The number of allylic oxidation sites excluding steroid dienone is 2. The van der Waals surface area contributed by atoms with E-state index in [-0.39, 0.29) is 18.3 Å². The van der Waals surface area contributed by atoms with Gasteiger partial charge in [-0.3, -0.25) is 0 Å². The minimum Gasteiger partial charge on any atom is -0.380 e. The third-order valence-electron chi connectivity index (χ3n) is 9.29. The van der Waals surface area contributed by atoms with Crippen LogP contribution in [0.25, 0.3) is 0 Å². The summed E-state index contributed by atoms with van der Waals surface area (Å²) < 4.78 is 40.2. The SMILES string of the molecule is C=C(C)[C@H]1CC[C@H]2[C@@H]3CC=C4C[C@](O)(C(F)(F)F)CC[C@]4(C)C3CC[C@]12C. The van der Waals surface area contributed by atoms with E-state index in [9.17, 15) is 18.3 Å². The van der Waals surface area contributed by atoms with Gasteiger partial charge in [0.2, 0.25) is 0 Å². The zero-order valence-corrected chi connectivity index (χ0v) is 16.8. The van der Waals surface area contributed by atoms with E-state index in [4.69, 9.17) is 0 Å². The highest BCUT2D eigenvalue weighted by Gasteiger charge is 2.63. The summed E-state index contributed by atoms with van der Waals surface area (Å²) in [6.07, 6.45) is 3.16. The van der Waals surface area contributed by atoms with Crippen molar-refractivity contribution in [2.75, 3.05) is 0 Å². The molecule has 0 aromatic heterocycles. The van der Waals surface area contributed by atoms with Crippen molar-refractivity contribution in [1.29, 1.82) is 0 Å². The summed E-state index contributed by atoms with van der Waals surface area (Å²) in [5, 5.41) is 10.3. The van der Waals surface area contributed by atoms with Crippen LogP contribution in [0.15, 0.2) is 23.8 Å². The van der Waals surface area contributed by atoms with Crippen molar-refractivity contribution < 1.29 is 18.3 Å². The van der Waals surface area contributed by atoms with Gasteiger partial charge in [-0.05, 0) is 86.4 Å². The fraction of sp³-hybridized carbons (Fsp3) is 0.826. The van der Waals surface area contributed by atoms with Crippen molar-refractivity contribution in [2.45, 2.75) is 83.9 Å². The predicted octanol–water partition coefficient (Wildman–Crippen LogP) is 6.43. The normalized spacial score (nSPS) is 49.7. The summed E-state index contributed by atoms with van der Waals surface area (Å²) in [5.41, 5.74) is -0.246. The Kier molecular flexibility index (Phi) is 4.25. The molecule has 0 aromatic rings. The molecule has 0 spiro atoms. The van der Waals surface area contributed by atoms with Crippen molar-refractivity contribution in [3.05, 3.63) is 23.8 Å². The summed E-state index contributed by atoms with van der Waals surface area (Å²) in [7, 11) is 0. The quantitative estimate of drug-likeness (QED) is 0.518. The van der Waals surface area contributed by atoms with Gasteiger partial charge in [0.25, 0.3) is 0 Å². The summed E-state index contributed by atoms with van der Waals surface area (Å²) in [5.74, 6) is 2.26. The van der Waals surface area contributed by atoms with Gasteiger partial charge in [0, 0.05) is 6.42 Å². The van der Waals surface area contributed by atoms with Crippen LogP contribution < -0.4 is 0 Å². The Bertz CT molecular complexity index is 680. The van der Waals surface area contributed by atoms with E-state index in [1.165, 1.54) is 18.4 Å². The monoisotopic (exact) mass is 382 g/mol. The van der Waals surface area contributed by atoms with Crippen LogP contribution in [0.3, 0.4) is 0 Å². The lowest BCUT2D eigenvalue weighted by Crippen LogP contribution is -2.55. The predicted molar refractivity (Wildman–Crippen MR) is 101 cm³/mol. The van der Waals surface area contributed by atoms with Crippen LogP contribution in [0, 0.1) is 34.5 Å². The first-order valence-corrected chi connectivity index (χ1v) is 10.6. The third-order valence-corrected chi connectivity index (χ3v) is 9.29. The fourth-order valence-corrected chi connectivity index (χ4v) is 7.70. The van der Waals surface area contributed by atoms with E-state index in [1.54, 1.807) is 0 Å². The number of rotatable bonds is 1. The van der Waals surface area contributed by atoms with E-state index >= 15 is 0 Å². The molecule has 1 nitrogen and oxygen atoms in total. The van der Waals surface area contributed by atoms with Crippen LogP contribution >= 0.6 is 0 Å². The van der Waals surface area contributed by atoms with Gasteiger partial charge in [-0.25, -0.2) is 0 Å². The molecule has 0 aliphatic heterocycles. The van der Waals surface area contributed by atoms with Gasteiger partial charge in [-0.15, -0.1) is 0 Å². The van der Waals surface area contributed by atoms with Crippen molar-refractivity contribution in [1.82, 2.24) is 0 Å². The molecule has 0 heterocycles. The first kappa shape index (κ1) is 19.5. The zero-order valence-electron chi connectivity index (χ0n) is 16.8. The van der Waals surface area contributed by atoms with Gasteiger partial charge < -0.3 is 5.11 Å². The van der Waals surface area contributed by atoms with Gasteiger partial charge in [0.05, 0.1) is 0 Å². The van der Waals surface area contributed by atoms with Crippen LogP contribution in [0.4, 0.5) is 13.2 Å². The summed E-state index contributed by atoms with van der Waals surface area (Å²) in [6.45, 7) is 11.0. The fourth-order valence-electron chi connectivity index (χ4n) is 7.70. The maximum absolute atomic E-state index is 13.4. The Balaban J connectivity index is 1.64. The lowest BCUT2D eigenvalue weighted by atomic mass is 9.46.